The van der Waals surface area contributed by atoms with Gasteiger partial charge in [-0.15, -0.1) is 0 Å². The number of carbonyl (C=O) groups excluding carboxylic acids is 1. The number of halogens is 2. The lowest BCUT2D eigenvalue weighted by Gasteiger charge is -2.27. The van der Waals surface area contributed by atoms with E-state index in [1.165, 1.54) is 17.7 Å². The Hall–Kier alpha value is -4.64. The first kappa shape index (κ1) is 29.8. The summed E-state index contributed by atoms with van der Waals surface area (Å²) in [5.74, 6) is 0.316. The molecular formula is C34H28Cl2N2O5. The maximum Gasteiger partial charge on any atom is 0.343 e. The zero-order chi connectivity index (χ0) is 30.5. The van der Waals surface area contributed by atoms with Crippen LogP contribution in [0.15, 0.2) is 90.3 Å². The summed E-state index contributed by atoms with van der Waals surface area (Å²) >= 11 is 12.6. The number of rotatable bonds is 9. The predicted octanol–water partition coefficient (Wildman–Crippen LogP) is 8.11. The minimum Gasteiger partial charge on any atom is -0.490 e. The Labute approximate surface area is 260 Å². The van der Waals surface area contributed by atoms with E-state index in [0.29, 0.717) is 36.0 Å². The molecule has 0 radical (unpaired) electrons. The molecule has 0 aromatic heterocycles. The van der Waals surface area contributed by atoms with Crippen LogP contribution in [0.3, 0.4) is 0 Å². The van der Waals surface area contributed by atoms with E-state index >= 15 is 0 Å². The van der Waals surface area contributed by atoms with Crippen LogP contribution in [0, 0.1) is 18.3 Å². The van der Waals surface area contributed by atoms with Crippen LogP contribution < -0.4 is 24.7 Å². The fourth-order valence-corrected chi connectivity index (χ4v) is 5.26. The third-order valence-corrected chi connectivity index (χ3v) is 7.36. The number of benzene rings is 4. The molecule has 1 atom stereocenters. The molecule has 43 heavy (non-hydrogen) atoms. The molecule has 1 unspecified atom stereocenters. The quantitative estimate of drug-likeness (QED) is 0.150. The molecule has 0 spiro atoms. The highest BCUT2D eigenvalue weighted by Gasteiger charge is 2.31. The van der Waals surface area contributed by atoms with Crippen molar-refractivity contribution < 1.29 is 23.7 Å². The molecule has 4 aromatic carbocycles. The predicted molar refractivity (Wildman–Crippen MR) is 165 cm³/mol. The summed E-state index contributed by atoms with van der Waals surface area (Å²) in [4.78, 5) is 13.0. The number of allylic oxidation sites excluding steroid dienone is 1. The van der Waals surface area contributed by atoms with E-state index in [4.69, 9.17) is 47.9 Å². The molecule has 1 aliphatic rings. The first-order chi connectivity index (χ1) is 20.8. The zero-order valence-corrected chi connectivity index (χ0v) is 25.0. The zero-order valence-electron chi connectivity index (χ0n) is 23.5. The molecule has 0 bridgehead atoms. The summed E-state index contributed by atoms with van der Waals surface area (Å²) in [5.41, 5.74) is 10.3. The monoisotopic (exact) mass is 614 g/mol. The molecule has 0 saturated carbocycles. The van der Waals surface area contributed by atoms with E-state index in [0.717, 1.165) is 17.5 Å². The molecule has 1 heterocycles. The Morgan fingerprint density at radius 1 is 0.977 bits per heavy atom. The molecule has 0 saturated heterocycles. The second-order valence-electron chi connectivity index (χ2n) is 9.98. The third kappa shape index (κ3) is 6.72. The van der Waals surface area contributed by atoms with Gasteiger partial charge in [0.15, 0.2) is 5.75 Å². The fourth-order valence-electron chi connectivity index (χ4n) is 4.66. The molecule has 2 N–H and O–H groups in total. The number of ether oxygens (including phenoxy) is 4. The number of nitrogens with zero attached hydrogens (tertiary/aromatic N) is 1. The molecule has 5 rings (SSSR count). The maximum atomic E-state index is 13.0. The minimum absolute atomic E-state index is 0.0318. The Kier molecular flexibility index (Phi) is 9.10. The van der Waals surface area contributed by atoms with Gasteiger partial charge >= 0.3 is 5.97 Å². The molecule has 1 aliphatic heterocycles. The Morgan fingerprint density at radius 3 is 2.42 bits per heavy atom. The van der Waals surface area contributed by atoms with Crippen LogP contribution in [0.25, 0.3) is 0 Å². The number of hydrogen-bond acceptors (Lipinski definition) is 7. The van der Waals surface area contributed by atoms with E-state index in [1.807, 2.05) is 62.4 Å². The van der Waals surface area contributed by atoms with Crippen molar-refractivity contribution in [3.05, 3.63) is 128 Å². The standard InChI is InChI=1S/C34H28Cl2N2O5/c1-3-13-40-32-28(35)15-23(16-29(32)36)34(39)42-25-11-12-26-30(17-25)43-33(38)27(18-37)31(26)22-5-4-6-24(14-22)41-19-21-9-7-20(2)8-10-21/h4-12,14-17,31H,3,13,19,38H2,1-2H3. The molecule has 0 amide bonds. The van der Waals surface area contributed by atoms with Crippen LogP contribution in [0.1, 0.15) is 51.9 Å². The third-order valence-electron chi connectivity index (χ3n) is 6.80. The molecule has 0 fully saturated rings. The topological polar surface area (TPSA) is 104 Å². The van der Waals surface area contributed by atoms with Crippen LogP contribution in [0.4, 0.5) is 0 Å². The number of aryl methyl sites for hydroxylation is 1. The second kappa shape index (κ2) is 13.1. The summed E-state index contributed by atoms with van der Waals surface area (Å²) in [7, 11) is 0. The van der Waals surface area contributed by atoms with Crippen LogP contribution in [0.5, 0.6) is 23.0 Å². The number of fused-ring (bicyclic) bond motifs is 1. The molecule has 0 aliphatic carbocycles. The summed E-state index contributed by atoms with van der Waals surface area (Å²) in [6.45, 7) is 4.83. The number of esters is 1. The Balaban J connectivity index is 1.38. The van der Waals surface area contributed by atoms with Crippen molar-refractivity contribution in [3.8, 4) is 29.1 Å². The highest BCUT2D eigenvalue weighted by molar-refractivity contribution is 6.37. The van der Waals surface area contributed by atoms with Crippen molar-refractivity contribution in [1.82, 2.24) is 0 Å². The van der Waals surface area contributed by atoms with Gasteiger partial charge in [0.05, 0.1) is 28.1 Å². The van der Waals surface area contributed by atoms with Gasteiger partial charge < -0.3 is 24.7 Å². The van der Waals surface area contributed by atoms with Gasteiger partial charge in [0.25, 0.3) is 0 Å². The summed E-state index contributed by atoms with van der Waals surface area (Å²) < 4.78 is 23.0. The van der Waals surface area contributed by atoms with E-state index in [2.05, 4.69) is 6.07 Å². The highest BCUT2D eigenvalue weighted by Crippen LogP contribution is 2.44. The summed E-state index contributed by atoms with van der Waals surface area (Å²) in [6, 6.07) is 25.6. The molecule has 218 valence electrons. The van der Waals surface area contributed by atoms with E-state index in [-0.39, 0.29) is 32.8 Å². The fraction of sp³-hybridized carbons (Fsp3) is 0.176. The van der Waals surface area contributed by atoms with Crippen molar-refractivity contribution in [3.63, 3.8) is 0 Å². The Morgan fingerprint density at radius 2 is 1.72 bits per heavy atom. The smallest absolute Gasteiger partial charge is 0.343 e. The summed E-state index contributed by atoms with van der Waals surface area (Å²) in [5, 5.41) is 10.4. The first-order valence-electron chi connectivity index (χ1n) is 13.6. The maximum absolute atomic E-state index is 13.0. The largest absolute Gasteiger partial charge is 0.490 e. The van der Waals surface area contributed by atoms with Crippen LogP contribution in [-0.4, -0.2) is 12.6 Å². The summed E-state index contributed by atoms with van der Waals surface area (Å²) in [6.07, 6.45) is 0.778. The van der Waals surface area contributed by atoms with E-state index < -0.39 is 11.9 Å². The van der Waals surface area contributed by atoms with Crippen LogP contribution in [0.2, 0.25) is 10.0 Å². The van der Waals surface area contributed by atoms with E-state index in [9.17, 15) is 10.1 Å². The van der Waals surface area contributed by atoms with Gasteiger partial charge in [0.2, 0.25) is 5.88 Å². The van der Waals surface area contributed by atoms with Crippen LogP contribution >= 0.6 is 23.2 Å². The SMILES string of the molecule is CCCOc1c(Cl)cc(C(=O)Oc2ccc3c(c2)OC(N)=C(C#N)C3c2cccc(OCc3ccc(C)cc3)c2)cc1Cl. The lowest BCUT2D eigenvalue weighted by Crippen LogP contribution is -2.21. The minimum atomic E-state index is -0.669. The van der Waals surface area contributed by atoms with Gasteiger partial charge in [-0.3, -0.25) is 0 Å². The van der Waals surface area contributed by atoms with Crippen molar-refractivity contribution in [2.24, 2.45) is 5.73 Å². The lowest BCUT2D eigenvalue weighted by atomic mass is 9.83. The Bertz CT molecular complexity index is 1720. The van der Waals surface area contributed by atoms with Crippen molar-refractivity contribution in [2.45, 2.75) is 32.8 Å². The average Bonchev–Trinajstić information content (AvgIpc) is 2.99. The number of hydrogen-bond donors (Lipinski definition) is 1. The van der Waals surface area contributed by atoms with Gasteiger partial charge in [-0.2, -0.15) is 5.26 Å². The van der Waals surface area contributed by atoms with Crippen molar-refractivity contribution >= 4 is 29.2 Å². The van der Waals surface area contributed by atoms with Gasteiger partial charge in [-0.1, -0.05) is 78.2 Å². The molecule has 4 aromatic rings. The lowest BCUT2D eigenvalue weighted by molar-refractivity contribution is 0.0734. The first-order valence-corrected chi connectivity index (χ1v) is 14.4. The number of nitrogens with two attached hydrogens (primary N) is 1. The van der Waals surface area contributed by atoms with Crippen molar-refractivity contribution in [2.75, 3.05) is 6.61 Å². The number of carbonyl (C=O) groups is 1. The second-order valence-corrected chi connectivity index (χ2v) is 10.8. The normalized spacial score (nSPS) is 13.9. The van der Waals surface area contributed by atoms with Gasteiger partial charge in [-0.25, -0.2) is 4.79 Å². The molecule has 7 nitrogen and oxygen atoms in total. The van der Waals surface area contributed by atoms with Crippen molar-refractivity contribution in [1.29, 1.82) is 5.26 Å². The average molecular weight is 616 g/mol. The van der Waals surface area contributed by atoms with E-state index in [1.54, 1.807) is 18.2 Å². The van der Waals surface area contributed by atoms with Crippen LogP contribution in [-0.2, 0) is 6.61 Å². The number of nitriles is 1. The van der Waals surface area contributed by atoms with Gasteiger partial charge in [0.1, 0.15) is 35.5 Å². The van der Waals surface area contributed by atoms with Gasteiger partial charge in [0, 0.05) is 11.6 Å². The molecule has 9 heteroatoms. The van der Waals surface area contributed by atoms with Gasteiger partial charge in [-0.05, 0) is 54.8 Å². The highest BCUT2D eigenvalue weighted by atomic mass is 35.5. The molecular weight excluding hydrogens is 587 g/mol.